The summed E-state index contributed by atoms with van der Waals surface area (Å²) >= 11 is 0. The van der Waals surface area contributed by atoms with E-state index < -0.39 is 0 Å². The first-order valence-electron chi connectivity index (χ1n) is 9.84. The van der Waals surface area contributed by atoms with E-state index >= 15 is 0 Å². The molecule has 0 saturated carbocycles. The largest absolute Gasteiger partial charge is 0.392 e. The summed E-state index contributed by atoms with van der Waals surface area (Å²) in [6.07, 6.45) is 0. The van der Waals surface area contributed by atoms with Gasteiger partial charge in [0.1, 0.15) is 0 Å². The van der Waals surface area contributed by atoms with Gasteiger partial charge in [-0.05, 0) is 47.2 Å². The molecule has 2 amide bonds. The molecule has 0 unspecified atom stereocenters. The summed E-state index contributed by atoms with van der Waals surface area (Å²) in [6.45, 7) is 9.51. The molecule has 2 N–H and O–H groups in total. The lowest BCUT2D eigenvalue weighted by Gasteiger charge is -2.33. The molecule has 0 atom stereocenters. The summed E-state index contributed by atoms with van der Waals surface area (Å²) in [5.74, 6) is 0.610. The van der Waals surface area contributed by atoms with Crippen LogP contribution in [-0.4, -0.2) is 29.3 Å². The van der Waals surface area contributed by atoms with E-state index in [-0.39, 0.29) is 19.2 Å². The van der Waals surface area contributed by atoms with Crippen molar-refractivity contribution in [3.05, 3.63) is 59.7 Å². The molecule has 0 aliphatic rings. The Bertz CT molecular complexity index is 676. The number of urea groups is 1. The van der Waals surface area contributed by atoms with Gasteiger partial charge < -0.3 is 10.2 Å². The molecule has 0 saturated heterocycles. The summed E-state index contributed by atoms with van der Waals surface area (Å²) in [5.41, 5.74) is 3.27. The Morgan fingerprint density at radius 2 is 1.04 bits per heavy atom. The van der Waals surface area contributed by atoms with Crippen molar-refractivity contribution >= 4 is 17.4 Å². The van der Waals surface area contributed by atoms with Crippen LogP contribution in [0.15, 0.2) is 48.5 Å². The van der Waals surface area contributed by atoms with Crippen LogP contribution in [0.1, 0.15) is 38.8 Å². The molecule has 0 fully saturated rings. The minimum atomic E-state index is -0.0732. The van der Waals surface area contributed by atoms with E-state index in [1.54, 1.807) is 9.80 Å². The highest BCUT2D eigenvalue weighted by molar-refractivity contribution is 6.03. The van der Waals surface area contributed by atoms with Crippen molar-refractivity contribution in [2.75, 3.05) is 22.9 Å². The van der Waals surface area contributed by atoms with Crippen molar-refractivity contribution in [1.29, 1.82) is 0 Å². The smallest absolute Gasteiger partial charge is 0.328 e. The number of hydrogen-bond donors (Lipinski definition) is 2. The number of carbonyl (C=O) groups is 1. The predicted molar refractivity (Wildman–Crippen MR) is 114 cm³/mol. The third-order valence-electron chi connectivity index (χ3n) is 4.42. The molecule has 0 bridgehead atoms. The molecule has 2 aromatic rings. The fourth-order valence-corrected chi connectivity index (χ4v) is 3.03. The Kier molecular flexibility index (Phi) is 8.03. The Balaban J connectivity index is 2.39. The van der Waals surface area contributed by atoms with Crippen LogP contribution in [0.3, 0.4) is 0 Å². The molecule has 0 radical (unpaired) electrons. The zero-order valence-electron chi connectivity index (χ0n) is 17.3. The van der Waals surface area contributed by atoms with E-state index in [1.807, 2.05) is 48.5 Å². The van der Waals surface area contributed by atoms with Crippen molar-refractivity contribution in [2.24, 2.45) is 11.8 Å². The van der Waals surface area contributed by atoms with Crippen molar-refractivity contribution in [3.8, 4) is 0 Å². The van der Waals surface area contributed by atoms with Crippen molar-refractivity contribution in [1.82, 2.24) is 0 Å². The van der Waals surface area contributed by atoms with Crippen LogP contribution in [0.4, 0.5) is 16.2 Å². The van der Waals surface area contributed by atoms with E-state index in [9.17, 15) is 15.0 Å². The van der Waals surface area contributed by atoms with Crippen LogP contribution in [-0.2, 0) is 13.2 Å². The van der Waals surface area contributed by atoms with Gasteiger partial charge in [-0.15, -0.1) is 0 Å². The van der Waals surface area contributed by atoms with Gasteiger partial charge in [0.25, 0.3) is 0 Å². The number of rotatable bonds is 8. The second kappa shape index (κ2) is 10.2. The first kappa shape index (κ1) is 21.9. The SMILES string of the molecule is CC(C)CN(C(=O)N(CC(C)C)c1ccc(CO)cc1)c1ccc(CO)cc1. The maximum absolute atomic E-state index is 13.6. The van der Waals surface area contributed by atoms with E-state index in [4.69, 9.17) is 0 Å². The van der Waals surface area contributed by atoms with Crippen LogP contribution in [0.2, 0.25) is 0 Å². The van der Waals surface area contributed by atoms with Gasteiger partial charge in [0, 0.05) is 24.5 Å². The Hall–Kier alpha value is -2.37. The molecule has 2 aromatic carbocycles. The molecule has 5 heteroatoms. The van der Waals surface area contributed by atoms with E-state index in [1.165, 1.54) is 0 Å². The summed E-state index contributed by atoms with van der Waals surface area (Å²) in [6, 6.07) is 14.8. The van der Waals surface area contributed by atoms with Crippen LogP contribution in [0.5, 0.6) is 0 Å². The number of amides is 2. The lowest BCUT2D eigenvalue weighted by Crippen LogP contribution is -2.46. The molecule has 0 aromatic heterocycles. The Morgan fingerprint density at radius 1 is 0.714 bits per heavy atom. The standard InChI is InChI=1S/C23H32N2O3/c1-17(2)13-24(21-9-5-19(15-26)6-10-21)23(28)25(14-18(3)4)22-11-7-20(16-27)8-12-22/h5-12,17-18,26-27H,13-16H2,1-4H3. The monoisotopic (exact) mass is 384 g/mol. The number of aliphatic hydroxyl groups is 2. The minimum absolute atomic E-state index is 0.0188. The van der Waals surface area contributed by atoms with Gasteiger partial charge in [0.15, 0.2) is 0 Å². The molecule has 152 valence electrons. The second-order valence-corrected chi connectivity index (χ2v) is 7.94. The van der Waals surface area contributed by atoms with E-state index in [2.05, 4.69) is 27.7 Å². The number of benzene rings is 2. The van der Waals surface area contributed by atoms with Crippen LogP contribution < -0.4 is 9.80 Å². The number of anilines is 2. The van der Waals surface area contributed by atoms with Crippen molar-refractivity contribution in [3.63, 3.8) is 0 Å². The Labute approximate surface area is 168 Å². The highest BCUT2D eigenvalue weighted by atomic mass is 16.3. The quantitative estimate of drug-likeness (QED) is 0.708. The van der Waals surface area contributed by atoms with Crippen molar-refractivity contribution in [2.45, 2.75) is 40.9 Å². The molecule has 0 spiro atoms. The summed E-state index contributed by atoms with van der Waals surface area (Å²) in [5, 5.41) is 18.6. The van der Waals surface area contributed by atoms with Gasteiger partial charge in [-0.3, -0.25) is 9.80 Å². The van der Waals surface area contributed by atoms with Crippen LogP contribution in [0.25, 0.3) is 0 Å². The minimum Gasteiger partial charge on any atom is -0.392 e. The summed E-state index contributed by atoms with van der Waals surface area (Å²) in [4.78, 5) is 17.2. The molecular weight excluding hydrogens is 352 g/mol. The van der Waals surface area contributed by atoms with Gasteiger partial charge in [0.2, 0.25) is 0 Å². The topological polar surface area (TPSA) is 64.0 Å². The fraction of sp³-hybridized carbons (Fsp3) is 0.435. The van der Waals surface area contributed by atoms with Gasteiger partial charge in [-0.25, -0.2) is 4.79 Å². The summed E-state index contributed by atoms with van der Waals surface area (Å²) in [7, 11) is 0. The first-order chi connectivity index (χ1) is 13.3. The normalized spacial score (nSPS) is 11.1. The number of hydrogen-bond acceptors (Lipinski definition) is 3. The zero-order chi connectivity index (χ0) is 20.7. The molecule has 28 heavy (non-hydrogen) atoms. The third-order valence-corrected chi connectivity index (χ3v) is 4.42. The van der Waals surface area contributed by atoms with Gasteiger partial charge >= 0.3 is 6.03 Å². The molecule has 0 heterocycles. The number of aliphatic hydroxyl groups excluding tert-OH is 2. The van der Waals surface area contributed by atoms with Gasteiger partial charge in [-0.2, -0.15) is 0 Å². The van der Waals surface area contributed by atoms with Crippen LogP contribution in [0, 0.1) is 11.8 Å². The Morgan fingerprint density at radius 3 is 1.29 bits per heavy atom. The molecular formula is C23H32N2O3. The molecule has 0 aliphatic heterocycles. The maximum atomic E-state index is 13.6. The lowest BCUT2D eigenvalue weighted by atomic mass is 10.1. The average molecular weight is 385 g/mol. The second-order valence-electron chi connectivity index (χ2n) is 7.94. The molecule has 0 aliphatic carbocycles. The van der Waals surface area contributed by atoms with E-state index in [0.29, 0.717) is 24.9 Å². The maximum Gasteiger partial charge on any atom is 0.328 e. The first-order valence-corrected chi connectivity index (χ1v) is 9.84. The average Bonchev–Trinajstić information content (AvgIpc) is 2.69. The zero-order valence-corrected chi connectivity index (χ0v) is 17.3. The summed E-state index contributed by atoms with van der Waals surface area (Å²) < 4.78 is 0. The lowest BCUT2D eigenvalue weighted by molar-refractivity contribution is 0.249. The highest BCUT2D eigenvalue weighted by Gasteiger charge is 2.25. The third kappa shape index (κ3) is 5.81. The predicted octanol–water partition coefficient (Wildman–Crippen LogP) is 4.42. The fourth-order valence-electron chi connectivity index (χ4n) is 3.03. The van der Waals surface area contributed by atoms with Crippen LogP contribution >= 0.6 is 0 Å². The van der Waals surface area contributed by atoms with E-state index in [0.717, 1.165) is 22.5 Å². The molecule has 2 rings (SSSR count). The number of carbonyl (C=O) groups excluding carboxylic acids is 1. The highest BCUT2D eigenvalue weighted by Crippen LogP contribution is 2.24. The van der Waals surface area contributed by atoms with Gasteiger partial charge in [-0.1, -0.05) is 52.0 Å². The molecule has 5 nitrogen and oxygen atoms in total. The van der Waals surface area contributed by atoms with Gasteiger partial charge in [0.05, 0.1) is 13.2 Å². The van der Waals surface area contributed by atoms with Crippen molar-refractivity contribution < 1.29 is 15.0 Å². The number of nitrogens with zero attached hydrogens (tertiary/aromatic N) is 2.